The van der Waals surface area contributed by atoms with Crippen molar-refractivity contribution in [3.8, 4) is 0 Å². The van der Waals surface area contributed by atoms with Gasteiger partial charge < -0.3 is 24.5 Å². The van der Waals surface area contributed by atoms with Crippen LogP contribution in [0.3, 0.4) is 0 Å². The molecule has 6 nitrogen and oxygen atoms in total. The molecular weight excluding hydrogens is 296 g/mol. The third kappa shape index (κ3) is 5.55. The Morgan fingerprint density at radius 3 is 2.87 bits per heavy atom. The predicted octanol–water partition coefficient (Wildman–Crippen LogP) is 2.69. The minimum absolute atomic E-state index is 0.0141. The molecule has 1 aromatic heterocycles. The molecule has 1 aliphatic rings. The number of furan rings is 1. The van der Waals surface area contributed by atoms with E-state index in [9.17, 15) is 9.90 Å². The molecule has 1 amide bonds. The van der Waals surface area contributed by atoms with Gasteiger partial charge in [0.2, 0.25) is 0 Å². The number of amides is 1. The van der Waals surface area contributed by atoms with Crippen LogP contribution in [0, 0.1) is 0 Å². The summed E-state index contributed by atoms with van der Waals surface area (Å²) in [4.78, 5) is 13.9. The predicted molar refractivity (Wildman–Crippen MR) is 87.1 cm³/mol. The van der Waals surface area contributed by atoms with Gasteiger partial charge in [0.15, 0.2) is 0 Å². The van der Waals surface area contributed by atoms with Crippen molar-refractivity contribution in [2.75, 3.05) is 19.7 Å². The summed E-state index contributed by atoms with van der Waals surface area (Å²) in [6.07, 6.45) is 4.06. The number of nitrogens with zero attached hydrogens (tertiary/aromatic N) is 1. The molecule has 0 aliphatic carbocycles. The summed E-state index contributed by atoms with van der Waals surface area (Å²) < 4.78 is 10.8. The summed E-state index contributed by atoms with van der Waals surface area (Å²) in [6, 6.07) is 3.71. The highest BCUT2D eigenvalue weighted by molar-refractivity contribution is 5.68. The third-order valence-corrected chi connectivity index (χ3v) is 3.89. The Morgan fingerprint density at radius 2 is 2.26 bits per heavy atom. The summed E-state index contributed by atoms with van der Waals surface area (Å²) in [6.45, 7) is 6.98. The second-order valence-electron chi connectivity index (χ2n) is 7.01. The smallest absolute Gasteiger partial charge is 0.410 e. The Hall–Kier alpha value is -1.53. The van der Waals surface area contributed by atoms with Gasteiger partial charge >= 0.3 is 6.09 Å². The maximum Gasteiger partial charge on any atom is 0.410 e. The van der Waals surface area contributed by atoms with Crippen molar-refractivity contribution in [1.82, 2.24) is 10.2 Å². The van der Waals surface area contributed by atoms with Gasteiger partial charge in [0, 0.05) is 19.1 Å². The average Bonchev–Trinajstić information content (AvgIpc) is 2.89. The highest BCUT2D eigenvalue weighted by Gasteiger charge is 2.26. The molecule has 0 radical (unpaired) electrons. The van der Waals surface area contributed by atoms with Gasteiger partial charge in [-0.2, -0.15) is 0 Å². The lowest BCUT2D eigenvalue weighted by atomic mass is 10.1. The van der Waals surface area contributed by atoms with E-state index in [1.54, 1.807) is 11.2 Å². The molecule has 0 spiro atoms. The lowest BCUT2D eigenvalue weighted by Crippen LogP contribution is -2.39. The summed E-state index contributed by atoms with van der Waals surface area (Å²) in [7, 11) is 0. The summed E-state index contributed by atoms with van der Waals surface area (Å²) >= 11 is 0. The minimum atomic E-state index is -0.470. The van der Waals surface area contributed by atoms with Gasteiger partial charge in [-0.15, -0.1) is 0 Å². The summed E-state index contributed by atoms with van der Waals surface area (Å²) in [5.74, 6) is 0.737. The number of ether oxygens (including phenoxy) is 1. The Kier molecular flexibility index (Phi) is 6.07. The summed E-state index contributed by atoms with van der Waals surface area (Å²) in [5, 5.41) is 13.0. The van der Waals surface area contributed by atoms with E-state index >= 15 is 0 Å². The van der Waals surface area contributed by atoms with E-state index in [4.69, 9.17) is 9.15 Å². The van der Waals surface area contributed by atoms with Gasteiger partial charge in [0.25, 0.3) is 0 Å². The van der Waals surface area contributed by atoms with Crippen molar-refractivity contribution in [2.45, 2.75) is 57.7 Å². The van der Waals surface area contributed by atoms with Crippen molar-refractivity contribution in [1.29, 1.82) is 0 Å². The third-order valence-electron chi connectivity index (χ3n) is 3.89. The topological polar surface area (TPSA) is 74.9 Å². The number of aliphatic hydroxyl groups is 1. The molecule has 2 N–H and O–H groups in total. The number of hydrogen-bond acceptors (Lipinski definition) is 5. The molecule has 1 saturated heterocycles. The second kappa shape index (κ2) is 7.84. The summed E-state index contributed by atoms with van der Waals surface area (Å²) in [5.41, 5.74) is -0.470. The first-order chi connectivity index (χ1) is 10.9. The first kappa shape index (κ1) is 17.8. The van der Waals surface area contributed by atoms with E-state index in [0.717, 1.165) is 25.0 Å². The largest absolute Gasteiger partial charge is 0.468 e. The molecule has 23 heavy (non-hydrogen) atoms. The van der Waals surface area contributed by atoms with Crippen LogP contribution >= 0.6 is 0 Å². The van der Waals surface area contributed by atoms with E-state index in [1.807, 2.05) is 32.9 Å². The van der Waals surface area contributed by atoms with Gasteiger partial charge in [-0.3, -0.25) is 0 Å². The zero-order valence-electron chi connectivity index (χ0n) is 14.2. The van der Waals surface area contributed by atoms with E-state index in [-0.39, 0.29) is 24.8 Å². The highest BCUT2D eigenvalue weighted by atomic mass is 16.6. The lowest BCUT2D eigenvalue weighted by molar-refractivity contribution is 0.0255. The first-order valence-electron chi connectivity index (χ1n) is 8.27. The zero-order chi connectivity index (χ0) is 16.9. The molecule has 1 aliphatic heterocycles. The Balaban J connectivity index is 1.87. The van der Waals surface area contributed by atoms with Crippen molar-refractivity contribution in [3.63, 3.8) is 0 Å². The number of carbonyl (C=O) groups excluding carboxylic acids is 1. The van der Waals surface area contributed by atoms with Gasteiger partial charge in [-0.05, 0) is 52.2 Å². The molecule has 1 aromatic rings. The van der Waals surface area contributed by atoms with Crippen LogP contribution < -0.4 is 5.32 Å². The van der Waals surface area contributed by atoms with Gasteiger partial charge in [-0.1, -0.05) is 0 Å². The number of hydrogen-bond donors (Lipinski definition) is 2. The van der Waals surface area contributed by atoms with Gasteiger partial charge in [0.05, 0.1) is 18.9 Å². The van der Waals surface area contributed by atoms with Crippen molar-refractivity contribution >= 4 is 6.09 Å². The monoisotopic (exact) mass is 324 g/mol. The van der Waals surface area contributed by atoms with E-state index in [2.05, 4.69) is 5.32 Å². The fourth-order valence-corrected chi connectivity index (χ4v) is 2.77. The van der Waals surface area contributed by atoms with Crippen LogP contribution in [-0.2, 0) is 4.74 Å². The zero-order valence-corrected chi connectivity index (χ0v) is 14.2. The SMILES string of the molecule is CC(C)(C)OC(=O)N1CCC[C@@H](N[C@@H](CO)c2ccco2)CC1. The van der Waals surface area contributed by atoms with Crippen molar-refractivity contribution < 1.29 is 19.1 Å². The Morgan fingerprint density at radius 1 is 1.48 bits per heavy atom. The number of aliphatic hydroxyl groups excluding tert-OH is 1. The maximum atomic E-state index is 12.2. The van der Waals surface area contributed by atoms with Crippen LogP contribution in [0.4, 0.5) is 4.79 Å². The molecule has 2 heterocycles. The Bertz CT molecular complexity index is 481. The number of nitrogens with one attached hydrogen (secondary N) is 1. The van der Waals surface area contributed by atoms with E-state index < -0.39 is 5.60 Å². The van der Waals surface area contributed by atoms with Gasteiger partial charge in [-0.25, -0.2) is 4.79 Å². The molecule has 0 unspecified atom stereocenters. The lowest BCUT2D eigenvalue weighted by Gasteiger charge is -2.26. The fraction of sp³-hybridized carbons (Fsp3) is 0.706. The van der Waals surface area contributed by atoms with Crippen LogP contribution in [0.5, 0.6) is 0 Å². The molecule has 130 valence electrons. The van der Waals surface area contributed by atoms with Crippen LogP contribution in [0.2, 0.25) is 0 Å². The molecule has 0 aromatic carbocycles. The average molecular weight is 324 g/mol. The molecular formula is C17H28N2O4. The number of rotatable bonds is 4. The Labute approximate surface area is 137 Å². The first-order valence-corrected chi connectivity index (χ1v) is 8.27. The minimum Gasteiger partial charge on any atom is -0.468 e. The van der Waals surface area contributed by atoms with Crippen LogP contribution in [-0.4, -0.2) is 47.4 Å². The van der Waals surface area contributed by atoms with Crippen molar-refractivity contribution in [3.05, 3.63) is 24.2 Å². The standard InChI is InChI=1S/C17H28N2O4/c1-17(2,3)23-16(21)19-9-4-6-13(8-10-19)18-14(12-20)15-7-5-11-22-15/h5,7,11,13-14,18,20H,4,6,8-10,12H2,1-3H3/t13-,14+/m1/s1. The van der Waals surface area contributed by atoms with E-state index in [0.29, 0.717) is 13.1 Å². The van der Waals surface area contributed by atoms with E-state index in [1.165, 1.54) is 0 Å². The second-order valence-corrected chi connectivity index (χ2v) is 7.01. The number of likely N-dealkylation sites (tertiary alicyclic amines) is 1. The molecule has 0 saturated carbocycles. The molecule has 2 atom stereocenters. The fourth-order valence-electron chi connectivity index (χ4n) is 2.77. The maximum absolute atomic E-state index is 12.2. The van der Waals surface area contributed by atoms with Crippen LogP contribution in [0.25, 0.3) is 0 Å². The van der Waals surface area contributed by atoms with Crippen LogP contribution in [0.15, 0.2) is 22.8 Å². The van der Waals surface area contributed by atoms with Crippen molar-refractivity contribution in [2.24, 2.45) is 0 Å². The molecule has 1 fully saturated rings. The quantitative estimate of drug-likeness (QED) is 0.890. The van der Waals surface area contributed by atoms with Gasteiger partial charge in [0.1, 0.15) is 11.4 Å². The number of carbonyl (C=O) groups is 1. The molecule has 6 heteroatoms. The van der Waals surface area contributed by atoms with Crippen LogP contribution in [0.1, 0.15) is 51.8 Å². The highest BCUT2D eigenvalue weighted by Crippen LogP contribution is 2.19. The normalized spacial score (nSPS) is 20.9. The molecule has 2 rings (SSSR count). The molecule has 0 bridgehead atoms.